The minimum absolute atomic E-state index is 0. The Bertz CT molecular complexity index is 6620. The third-order valence-corrected chi connectivity index (χ3v) is 23.1. The van der Waals surface area contributed by atoms with E-state index in [-0.39, 0.29) is 127 Å². The number of rotatable bonds is 22. The van der Waals surface area contributed by atoms with E-state index in [1.54, 1.807) is 0 Å². The molecule has 0 saturated carbocycles. The number of amidine groups is 1. The number of halogens is 4. The molecule has 9 rings (SSSR count). The van der Waals surface area contributed by atoms with Crippen LogP contribution in [0.5, 0.6) is 0 Å². The number of nitrogens with one attached hydrogen (secondary N) is 5. The van der Waals surface area contributed by atoms with Crippen molar-refractivity contribution in [3.8, 4) is 0 Å². The predicted octanol–water partition coefficient (Wildman–Crippen LogP) is 2.83. The maximum Gasteiger partial charge on any atom is 0.311 e. The van der Waals surface area contributed by atoms with Gasteiger partial charge in [-0.1, -0.05) is 23.2 Å². The number of benzene rings is 7. The number of non-ortho nitro benzene ring substituents is 3. The second-order valence-corrected chi connectivity index (χ2v) is 45.0. The van der Waals surface area contributed by atoms with E-state index in [0.29, 0.717) is 11.8 Å². The van der Waals surface area contributed by atoms with Gasteiger partial charge in [0.1, 0.15) is 58.1 Å². The molecule has 1 saturated heterocycles. The number of sulfonamides is 9. The van der Waals surface area contributed by atoms with E-state index in [4.69, 9.17) is 97.8 Å². The van der Waals surface area contributed by atoms with Gasteiger partial charge < -0.3 is 50.8 Å². The van der Waals surface area contributed by atoms with Gasteiger partial charge in [-0.05, 0) is 129 Å². The third-order valence-electron chi connectivity index (χ3n) is 13.2. The molecule has 0 aliphatic carbocycles. The van der Waals surface area contributed by atoms with Gasteiger partial charge in [-0.15, -0.1) is 4.40 Å². The van der Waals surface area contributed by atoms with Gasteiger partial charge in [-0.3, -0.25) is 73.0 Å². The Kier molecular flexibility index (Phi) is 50.5. The van der Waals surface area contributed by atoms with Gasteiger partial charge in [0.05, 0.1) is 91.1 Å². The number of carbonyl (C=O) groups is 5. The molecule has 0 bridgehead atoms. The topological polar surface area (TPSA) is 947 Å². The van der Waals surface area contributed by atoms with Crippen LogP contribution in [0.4, 0.5) is 68.2 Å². The van der Waals surface area contributed by atoms with E-state index in [0.717, 1.165) is 105 Å². The first-order chi connectivity index (χ1) is 58.5. The van der Waals surface area contributed by atoms with Crippen molar-refractivity contribution in [1.29, 1.82) is 0 Å². The van der Waals surface area contributed by atoms with Crippen LogP contribution < -0.4 is 73.4 Å². The van der Waals surface area contributed by atoms with E-state index in [2.05, 4.69) is 39.9 Å². The van der Waals surface area contributed by atoms with Crippen molar-refractivity contribution in [3.63, 3.8) is 0 Å². The summed E-state index contributed by atoms with van der Waals surface area (Å²) < 4.78 is 264. The number of hydrogen-bond donors (Lipinski definition) is 16. The number of amides is 1. The molecule has 1 amide bonds. The Labute approximate surface area is 788 Å². The van der Waals surface area contributed by atoms with Crippen molar-refractivity contribution in [2.75, 3.05) is 86.0 Å². The molecule has 0 aromatic heterocycles. The Morgan fingerprint density at radius 2 is 0.818 bits per heavy atom. The number of nitrogen functional groups attached to an aromatic ring is 4. The van der Waals surface area contributed by atoms with Crippen LogP contribution in [0.1, 0.15) is 46.0 Å². The number of Topliss-reactive ketones (excluding diaryl/α,β-unsaturated/α-hetero) is 2. The SMILES string of the molecule is C1CCOC1.CC(=O)CC(=O)Cl.CC(=O)CC(=O)Nc1ccc(NS(C)(=O)=O)cc1S(N)(=O)=O.CS(=O)(=O)Cl.CS(=O)(=O)Nc1ccc(N)c(S(N)(=O)=O)c1.CS(=O)(=O)Nc1ccc2c(c1)S(=O)(=O)N=C(CC(=O)O)N2.NS(=O)(=O)c1cc([N+](=O)[O-])ccc1Cl.Nc1ccc(N)c(S(N)(=O)=O)c1.Nc1ccc([N+](=O)[O-])cc1S(N)(=O)=O.O=[N+]([O-])c1ccc(Cl)c(S(=O)(=O)O)c1.[CH3-].[Pd]. The molecule has 2 heterocycles. The molecular weight excluding hydrogens is 2170 g/mol. The van der Waals surface area contributed by atoms with Crippen LogP contribution in [0, 0.1) is 37.8 Å². The number of aliphatic carboxylic acids is 1. The molecule has 132 heavy (non-hydrogen) atoms. The van der Waals surface area contributed by atoms with Gasteiger partial charge in [0, 0.05) is 103 Å². The van der Waals surface area contributed by atoms with E-state index in [1.807, 2.05) is 0 Å². The van der Waals surface area contributed by atoms with E-state index in [9.17, 15) is 147 Å². The van der Waals surface area contributed by atoms with Gasteiger partial charge in [0.2, 0.25) is 100 Å². The number of nitro groups is 3. The molecule has 54 nitrogen and oxygen atoms in total. The molecule has 740 valence electrons. The second kappa shape index (κ2) is 53.0. The first kappa shape index (κ1) is 126. The summed E-state index contributed by atoms with van der Waals surface area (Å²) in [6, 6.07) is 23.8. The monoisotopic (exact) mass is 2250 g/mol. The molecule has 25 N–H and O–H groups in total. The number of nitro benzene ring substituents is 3. The smallest absolute Gasteiger partial charge is 0.311 e. The number of carboxylic acids is 1. The molecule has 2 aliphatic rings. The number of primary sulfonamides is 5. The van der Waals surface area contributed by atoms with E-state index in [1.165, 1.54) is 81.3 Å². The summed E-state index contributed by atoms with van der Waals surface area (Å²) in [7, 11) is -37.9. The first-order valence-electron chi connectivity index (χ1n) is 33.1. The van der Waals surface area contributed by atoms with Crippen LogP contribution in [-0.2, 0) is 159 Å². The molecule has 0 spiro atoms. The first-order valence-corrected chi connectivity index (χ1v) is 53.2. The van der Waals surface area contributed by atoms with Gasteiger partial charge in [0.25, 0.3) is 37.2 Å². The van der Waals surface area contributed by atoms with Crippen molar-refractivity contribution in [2.45, 2.75) is 80.2 Å². The third kappa shape index (κ3) is 52.3. The van der Waals surface area contributed by atoms with Crippen molar-refractivity contribution < 1.29 is 166 Å². The Hall–Kier alpha value is -10.2. The second-order valence-electron chi connectivity index (χ2n) is 24.9. The van der Waals surface area contributed by atoms with Crippen LogP contribution in [0.3, 0.4) is 0 Å². The molecule has 0 radical (unpaired) electrons. The molecule has 1 fully saturated rings. The van der Waals surface area contributed by atoms with Crippen LogP contribution >= 0.6 is 45.5 Å². The van der Waals surface area contributed by atoms with Gasteiger partial charge in [-0.2, -0.15) is 16.8 Å². The normalized spacial score (nSPS) is 12.5. The van der Waals surface area contributed by atoms with Gasteiger partial charge >= 0.3 is 5.97 Å². The van der Waals surface area contributed by atoms with Gasteiger partial charge in [-0.25, -0.2) is 101 Å². The van der Waals surface area contributed by atoms with Crippen molar-refractivity contribution in [3.05, 3.63) is 175 Å². The summed E-state index contributed by atoms with van der Waals surface area (Å²) in [4.78, 5) is 78.7. The molecule has 0 unspecified atom stereocenters. The summed E-state index contributed by atoms with van der Waals surface area (Å²) in [5.41, 5.74) is 20.6. The molecular formula is C62H81Cl4N18O36PdS11-. The number of nitrogens with two attached hydrogens (primary N) is 9. The fraction of sp³-hybridized carbons (Fsp3) is 0.210. The zero-order valence-corrected chi connectivity index (χ0v) is 81.7. The summed E-state index contributed by atoms with van der Waals surface area (Å²) in [6.07, 6.45) is 5.11. The fourth-order valence-electron chi connectivity index (χ4n) is 8.34. The van der Waals surface area contributed by atoms with Gasteiger partial charge in [0.15, 0.2) is 0 Å². The Morgan fingerprint density at radius 1 is 0.492 bits per heavy atom. The number of nitrogens with zero attached hydrogens (tertiary/aromatic N) is 4. The zero-order valence-electron chi connectivity index (χ0n) is 68.2. The van der Waals surface area contributed by atoms with Crippen LogP contribution in [-0.4, -0.2) is 190 Å². The van der Waals surface area contributed by atoms with Crippen LogP contribution in [0.15, 0.2) is 166 Å². The molecule has 7 aromatic rings. The van der Waals surface area contributed by atoms with Crippen molar-refractivity contribution in [2.24, 2.45) is 30.1 Å². The van der Waals surface area contributed by atoms with Crippen LogP contribution in [0.2, 0.25) is 10.0 Å². The standard InChI is InChI=1S/C11H15N3O6S2.C10H11N3O6S2.C7H11N3O4S2.C6H5ClN2O4S.C6H4ClNO5S.C6H7N3O4S.C6H9N3O2S.C4H5ClO2.C4H8O.CH3ClO2S.CH3.Pd/c1-7(15)5-11(16)13-9-4-3-8(14-21(2,17)18)6-10(9)22(12,19)20;1-20(16,17)12-6-2-3-7-8(4-6)21(18,19)13-9(11-7)5-10(14)15;1-15(11,12)10-5-2-3-6(8)7(4-5)16(9,13)14;7-5-2-1-4(9(10)11)3-6(5)14(8,12)13;7-5-2-1-4(8(9)10)3-6(5)14(11,12)13;7-5-2-1-4(9(10)11)3-6(5)14(8,12)13;7-4-1-2-5(8)6(3-4)12(9,10)11;1-3(6)2-4(5)7;1-2-4-5-3-1;1-5(2,3)4;;/h3-4,6,14H,5H2,1-2H3,(H,13,16)(H2,12,19,20);2-4,12H,5H2,1H3,(H,11,13)(H,14,15);2-4,10H,8H2,1H3,(H2,9,13,14);1-3H,(H2,8,12,13);1-3H,(H,11,12,13);1-3H,7H2,(H2,8,12,13);1-3H,7-8H2,(H2,9,10,11);2H2,1H3;1-4H2;1H3;1H3;/q;;;;;;;;;;-1;. The minimum Gasteiger partial charge on any atom is -0.481 e. The summed E-state index contributed by atoms with van der Waals surface area (Å²) >= 11 is 15.7. The average molecular weight is 2260 g/mol. The predicted molar refractivity (Wildman–Crippen MR) is 483 cm³/mol. The molecule has 2 aliphatic heterocycles. The van der Waals surface area contributed by atoms with Crippen molar-refractivity contribution >= 4 is 258 Å². The number of carboxylic acid groups (broad SMARTS) is 1. The maximum atomic E-state index is 12.0. The number of ketones is 2. The molecule has 70 heteroatoms. The largest absolute Gasteiger partial charge is 0.481 e. The van der Waals surface area contributed by atoms with Crippen LogP contribution in [0.25, 0.3) is 0 Å². The summed E-state index contributed by atoms with van der Waals surface area (Å²) in [6.45, 7) is 4.53. The molecule has 0 atom stereocenters. The quantitative estimate of drug-likeness (QED) is 0.00678. The Morgan fingerprint density at radius 3 is 1.15 bits per heavy atom. The number of carbonyl (C=O) groups excluding carboxylic acids is 4. The van der Waals surface area contributed by atoms with E-state index >= 15 is 0 Å². The molecule has 7 aromatic carbocycles. The number of hydrogen-bond acceptors (Lipinski definition) is 39. The number of ether oxygens (including phenoxy) is 1. The number of anilines is 9. The number of fused-ring (bicyclic) bond motifs is 1. The maximum absolute atomic E-state index is 12.0. The average Bonchev–Trinajstić information content (AvgIpc) is 0.824. The minimum atomic E-state index is -4.53. The summed E-state index contributed by atoms with van der Waals surface area (Å²) in [5.74, 6) is -2.74. The Balaban J connectivity index is -0.00000143. The van der Waals surface area contributed by atoms with E-state index < -0.39 is 185 Å². The zero-order chi connectivity index (χ0) is 102. The summed E-state index contributed by atoms with van der Waals surface area (Å²) in [5, 5.41) is 67.8. The fourth-order valence-corrected chi connectivity index (χ4v) is 16.2. The van der Waals surface area contributed by atoms with Crippen molar-refractivity contribution in [1.82, 2.24) is 0 Å².